The smallest absolute Gasteiger partial charge is 0.320 e. The van der Waals surface area contributed by atoms with Crippen molar-refractivity contribution in [3.8, 4) is 6.01 Å². The quantitative estimate of drug-likeness (QED) is 0.420. The molecule has 0 saturated carbocycles. The number of benzene rings is 1. The first-order chi connectivity index (χ1) is 13.0. The number of ether oxygens (including phenoxy) is 2. The van der Waals surface area contributed by atoms with Crippen LogP contribution < -0.4 is 10.5 Å². The molecule has 0 bridgehead atoms. The lowest BCUT2D eigenvalue weighted by Gasteiger charge is -2.09. The maximum Gasteiger partial charge on any atom is 0.320 e. The number of esters is 1. The second-order valence-corrected chi connectivity index (χ2v) is 6.38. The van der Waals surface area contributed by atoms with Crippen LogP contribution >= 0.6 is 15.9 Å². The summed E-state index contributed by atoms with van der Waals surface area (Å²) in [4.78, 5) is 24.2. The van der Waals surface area contributed by atoms with Gasteiger partial charge in [-0.2, -0.15) is 9.97 Å². The highest BCUT2D eigenvalue weighted by molar-refractivity contribution is 9.10. The summed E-state index contributed by atoms with van der Waals surface area (Å²) in [5, 5.41) is 8.90. The lowest BCUT2D eigenvalue weighted by atomic mass is 10.1. The number of imidazole rings is 1. The number of carbonyl (C=O) groups excluding carboxylic acids is 1. The molecule has 0 aliphatic rings. The number of nitrogen functional groups attached to an aromatic ring is 1. The van der Waals surface area contributed by atoms with Crippen molar-refractivity contribution in [2.75, 3.05) is 26.1 Å². The molecule has 0 amide bonds. The number of fused-ring (bicyclic) bond motifs is 1. The van der Waals surface area contributed by atoms with E-state index in [1.807, 2.05) is 28.8 Å². The van der Waals surface area contributed by atoms with Gasteiger partial charge in [0.1, 0.15) is 6.61 Å². The molecule has 0 unspecified atom stereocenters. The van der Waals surface area contributed by atoms with E-state index >= 15 is 0 Å². The number of nitrogens with two attached hydrogens (primary N) is 1. The summed E-state index contributed by atoms with van der Waals surface area (Å²) in [6.45, 7) is 0.356. The molecule has 3 rings (SSSR count). The summed E-state index contributed by atoms with van der Waals surface area (Å²) in [5.74, 6) is -0.112. The van der Waals surface area contributed by atoms with Crippen LogP contribution in [0.2, 0.25) is 0 Å². The van der Waals surface area contributed by atoms with E-state index in [9.17, 15) is 4.79 Å². The van der Waals surface area contributed by atoms with E-state index in [0.717, 1.165) is 11.1 Å². The zero-order valence-corrected chi connectivity index (χ0v) is 16.1. The van der Waals surface area contributed by atoms with E-state index < -0.39 is 0 Å². The third kappa shape index (κ3) is 4.34. The molecule has 142 valence electrons. The molecule has 0 saturated heterocycles. The van der Waals surface area contributed by atoms with Crippen LogP contribution in [0.15, 0.2) is 29.0 Å². The molecular weight excluding hydrogens is 418 g/mol. The zero-order chi connectivity index (χ0) is 19.4. The minimum atomic E-state index is -0.299. The predicted molar refractivity (Wildman–Crippen MR) is 101 cm³/mol. The molecule has 2 heterocycles. The van der Waals surface area contributed by atoms with Crippen LogP contribution in [0.3, 0.4) is 0 Å². The average Bonchev–Trinajstić information content (AvgIpc) is 2.96. The molecule has 3 aromatic rings. The lowest BCUT2D eigenvalue weighted by Crippen LogP contribution is -2.08. The van der Waals surface area contributed by atoms with Crippen molar-refractivity contribution in [3.63, 3.8) is 0 Å². The SMILES string of the molecule is COC(=O)Cc1cccc(Cn2c(Br)nc3c(N)nc(OCCO)nc32)c1. The van der Waals surface area contributed by atoms with E-state index in [1.54, 1.807) is 0 Å². The summed E-state index contributed by atoms with van der Waals surface area (Å²) in [6, 6.07) is 7.67. The Morgan fingerprint density at radius 1 is 1.30 bits per heavy atom. The average molecular weight is 436 g/mol. The first-order valence-corrected chi connectivity index (χ1v) is 8.88. The number of anilines is 1. The molecule has 2 aromatic heterocycles. The highest BCUT2D eigenvalue weighted by Crippen LogP contribution is 2.25. The van der Waals surface area contributed by atoms with Crippen molar-refractivity contribution in [1.29, 1.82) is 0 Å². The van der Waals surface area contributed by atoms with Crippen LogP contribution in [0.4, 0.5) is 5.82 Å². The fourth-order valence-corrected chi connectivity index (χ4v) is 3.05. The highest BCUT2D eigenvalue weighted by Gasteiger charge is 2.16. The Labute approximate surface area is 163 Å². The van der Waals surface area contributed by atoms with Crippen LogP contribution in [0.25, 0.3) is 11.2 Å². The fraction of sp³-hybridized carbons (Fsp3) is 0.294. The highest BCUT2D eigenvalue weighted by atomic mass is 79.9. The van der Waals surface area contributed by atoms with Gasteiger partial charge in [0.25, 0.3) is 0 Å². The molecule has 0 fully saturated rings. The van der Waals surface area contributed by atoms with Gasteiger partial charge in [-0.15, -0.1) is 0 Å². The molecule has 1 aromatic carbocycles. The molecule has 0 radical (unpaired) electrons. The van der Waals surface area contributed by atoms with Gasteiger partial charge in [-0.1, -0.05) is 24.3 Å². The number of hydrogen-bond acceptors (Lipinski definition) is 8. The van der Waals surface area contributed by atoms with Crippen LogP contribution in [0.1, 0.15) is 11.1 Å². The molecule has 3 N–H and O–H groups in total. The number of rotatable bonds is 7. The summed E-state index contributed by atoms with van der Waals surface area (Å²) in [6.07, 6.45) is 0.199. The van der Waals surface area contributed by atoms with Crippen LogP contribution in [-0.2, 0) is 22.5 Å². The first-order valence-electron chi connectivity index (χ1n) is 8.09. The Bertz CT molecular complexity index is 975. The third-order valence-electron chi connectivity index (χ3n) is 3.79. The van der Waals surface area contributed by atoms with Gasteiger partial charge in [-0.3, -0.25) is 9.36 Å². The summed E-state index contributed by atoms with van der Waals surface area (Å²) >= 11 is 3.42. The molecular formula is C17H18BrN5O4. The van der Waals surface area contributed by atoms with Gasteiger partial charge in [-0.05, 0) is 27.1 Å². The number of aromatic nitrogens is 4. The largest absolute Gasteiger partial charge is 0.469 e. The van der Waals surface area contributed by atoms with Crippen molar-refractivity contribution in [1.82, 2.24) is 19.5 Å². The van der Waals surface area contributed by atoms with E-state index in [1.165, 1.54) is 7.11 Å². The lowest BCUT2D eigenvalue weighted by molar-refractivity contribution is -0.139. The van der Waals surface area contributed by atoms with Gasteiger partial charge < -0.3 is 20.3 Å². The van der Waals surface area contributed by atoms with Gasteiger partial charge in [0, 0.05) is 0 Å². The Hall–Kier alpha value is -2.72. The maximum atomic E-state index is 11.5. The number of aliphatic hydroxyl groups is 1. The number of carbonyl (C=O) groups is 1. The van der Waals surface area contributed by atoms with Crippen molar-refractivity contribution >= 4 is 38.9 Å². The topological polar surface area (TPSA) is 125 Å². The molecule has 10 heteroatoms. The number of aliphatic hydroxyl groups excluding tert-OH is 1. The molecule has 0 aliphatic carbocycles. The second-order valence-electron chi connectivity index (χ2n) is 5.68. The fourth-order valence-electron chi connectivity index (χ4n) is 2.58. The van der Waals surface area contributed by atoms with Gasteiger partial charge >= 0.3 is 12.0 Å². The van der Waals surface area contributed by atoms with Gasteiger partial charge in [0.15, 0.2) is 21.7 Å². The maximum absolute atomic E-state index is 11.5. The van der Waals surface area contributed by atoms with E-state index in [4.69, 9.17) is 20.3 Å². The Kier molecular flexibility index (Phi) is 5.87. The monoisotopic (exact) mass is 435 g/mol. The predicted octanol–water partition coefficient (Wildman–Crippen LogP) is 1.31. The number of nitrogens with zero attached hydrogens (tertiary/aromatic N) is 4. The Morgan fingerprint density at radius 3 is 2.81 bits per heavy atom. The molecule has 27 heavy (non-hydrogen) atoms. The van der Waals surface area contributed by atoms with Gasteiger partial charge in [0.05, 0.1) is 26.7 Å². The third-order valence-corrected chi connectivity index (χ3v) is 4.39. The number of methoxy groups -OCH3 is 1. The summed E-state index contributed by atoms with van der Waals surface area (Å²) in [7, 11) is 1.36. The van der Waals surface area contributed by atoms with Crippen molar-refractivity contribution in [3.05, 3.63) is 40.1 Å². The Balaban J connectivity index is 1.94. The normalized spacial score (nSPS) is 10.9. The Morgan fingerprint density at radius 2 is 2.07 bits per heavy atom. The second kappa shape index (κ2) is 8.31. The van der Waals surface area contributed by atoms with E-state index in [-0.39, 0.29) is 37.4 Å². The van der Waals surface area contributed by atoms with Crippen LogP contribution in [-0.4, -0.2) is 50.9 Å². The molecule has 0 spiro atoms. The first kappa shape index (κ1) is 19.1. The van der Waals surface area contributed by atoms with Crippen LogP contribution in [0.5, 0.6) is 6.01 Å². The minimum Gasteiger partial charge on any atom is -0.469 e. The summed E-state index contributed by atoms with van der Waals surface area (Å²) < 4.78 is 12.3. The minimum absolute atomic E-state index is 0.0653. The van der Waals surface area contributed by atoms with E-state index in [2.05, 4.69) is 30.9 Å². The van der Waals surface area contributed by atoms with Crippen LogP contribution in [0, 0.1) is 0 Å². The summed E-state index contributed by atoms with van der Waals surface area (Å²) in [5.41, 5.74) is 8.70. The van der Waals surface area contributed by atoms with E-state index in [0.29, 0.717) is 22.4 Å². The van der Waals surface area contributed by atoms with Gasteiger partial charge in [-0.25, -0.2) is 4.98 Å². The molecule has 9 nitrogen and oxygen atoms in total. The van der Waals surface area contributed by atoms with Gasteiger partial charge in [0.2, 0.25) is 0 Å². The molecule has 0 aliphatic heterocycles. The number of hydrogen-bond donors (Lipinski definition) is 2. The van der Waals surface area contributed by atoms with Crippen molar-refractivity contribution in [2.24, 2.45) is 0 Å². The van der Waals surface area contributed by atoms with Crippen molar-refractivity contribution < 1.29 is 19.4 Å². The number of halogens is 1. The standard InChI is InChI=1S/C17H18BrN5O4/c1-26-12(25)8-10-3-2-4-11(7-10)9-23-15-13(20-16(23)18)14(19)21-17(22-15)27-6-5-24/h2-4,7,24H,5-6,8-9H2,1H3,(H2,19,21,22). The molecule has 0 atom stereocenters. The zero-order valence-electron chi connectivity index (χ0n) is 14.6. The van der Waals surface area contributed by atoms with Crippen molar-refractivity contribution in [2.45, 2.75) is 13.0 Å².